The first kappa shape index (κ1) is 15.6. The molecule has 21 heavy (non-hydrogen) atoms. The molecular weight excluding hydrogens is 340 g/mol. The van der Waals surface area contributed by atoms with E-state index in [2.05, 4.69) is 38.4 Å². The van der Waals surface area contributed by atoms with Gasteiger partial charge in [0.1, 0.15) is 0 Å². The lowest BCUT2D eigenvalue weighted by Gasteiger charge is -1.99. The molecule has 0 aliphatic rings. The van der Waals surface area contributed by atoms with Crippen molar-refractivity contribution in [2.24, 2.45) is 0 Å². The lowest BCUT2D eigenvalue weighted by atomic mass is 10.2. The summed E-state index contributed by atoms with van der Waals surface area (Å²) in [5.74, 6) is 0.793. The van der Waals surface area contributed by atoms with Crippen LogP contribution < -0.4 is 5.32 Å². The molecule has 0 radical (unpaired) electrons. The van der Waals surface area contributed by atoms with Gasteiger partial charge in [-0.1, -0.05) is 22.9 Å². The van der Waals surface area contributed by atoms with Crippen LogP contribution in [0.25, 0.3) is 11.5 Å². The van der Waals surface area contributed by atoms with Crippen molar-refractivity contribution in [2.75, 3.05) is 13.1 Å². The Hall–Kier alpha value is -1.80. The number of nitrogens with one attached hydrogen (secondary N) is 1. The predicted molar refractivity (Wildman–Crippen MR) is 81.0 cm³/mol. The van der Waals surface area contributed by atoms with Crippen LogP contribution in [-0.2, 0) is 6.42 Å². The maximum atomic E-state index is 10.9. The van der Waals surface area contributed by atoms with Gasteiger partial charge < -0.3 is 9.73 Å². The van der Waals surface area contributed by atoms with E-state index in [0.29, 0.717) is 22.3 Å². The lowest BCUT2D eigenvalue weighted by Crippen LogP contribution is -2.17. The number of halogens is 1. The van der Waals surface area contributed by atoms with Crippen LogP contribution in [0.15, 0.2) is 27.1 Å². The van der Waals surface area contributed by atoms with Crippen LogP contribution in [0.5, 0.6) is 0 Å². The van der Waals surface area contributed by atoms with Crippen molar-refractivity contribution in [2.45, 2.75) is 19.8 Å². The van der Waals surface area contributed by atoms with Crippen molar-refractivity contribution in [3.05, 3.63) is 38.7 Å². The highest BCUT2D eigenvalue weighted by Crippen LogP contribution is 2.27. The number of nitro benzene ring substituents is 1. The summed E-state index contributed by atoms with van der Waals surface area (Å²) in [6, 6.07) is 4.55. The topological polar surface area (TPSA) is 94.1 Å². The third-order valence-corrected chi connectivity index (χ3v) is 3.21. The summed E-state index contributed by atoms with van der Waals surface area (Å²) in [5.41, 5.74) is 0.500. The molecule has 0 saturated heterocycles. The van der Waals surface area contributed by atoms with Gasteiger partial charge in [0.15, 0.2) is 0 Å². The first-order valence-corrected chi connectivity index (χ1v) is 7.38. The first-order valence-electron chi connectivity index (χ1n) is 6.58. The molecule has 2 aromatic rings. The molecule has 112 valence electrons. The van der Waals surface area contributed by atoms with Crippen molar-refractivity contribution < 1.29 is 9.34 Å². The van der Waals surface area contributed by atoms with E-state index in [1.807, 2.05) is 0 Å². The fourth-order valence-electron chi connectivity index (χ4n) is 1.77. The summed E-state index contributed by atoms with van der Waals surface area (Å²) in [4.78, 5) is 10.4. The van der Waals surface area contributed by atoms with Crippen molar-refractivity contribution in [3.8, 4) is 11.5 Å². The number of nitro groups is 1. The second kappa shape index (κ2) is 7.28. The van der Waals surface area contributed by atoms with E-state index in [4.69, 9.17) is 4.42 Å². The molecule has 0 fully saturated rings. The molecule has 1 N–H and O–H groups in total. The van der Waals surface area contributed by atoms with Crippen molar-refractivity contribution >= 4 is 21.6 Å². The predicted octanol–water partition coefficient (Wildman–Crippen LogP) is 2.95. The number of non-ortho nitro benzene ring substituents is 1. The molecule has 0 aliphatic carbocycles. The highest BCUT2D eigenvalue weighted by Gasteiger charge is 2.14. The van der Waals surface area contributed by atoms with Gasteiger partial charge in [0.05, 0.1) is 4.92 Å². The van der Waals surface area contributed by atoms with Gasteiger partial charge in [-0.05, 0) is 19.0 Å². The van der Waals surface area contributed by atoms with Crippen molar-refractivity contribution in [1.82, 2.24) is 15.5 Å². The minimum absolute atomic E-state index is 0.0243. The van der Waals surface area contributed by atoms with Crippen LogP contribution in [0.1, 0.15) is 19.2 Å². The second-order valence-electron chi connectivity index (χ2n) is 4.46. The van der Waals surface area contributed by atoms with Crippen LogP contribution in [0.2, 0.25) is 0 Å². The van der Waals surface area contributed by atoms with Gasteiger partial charge >= 0.3 is 0 Å². The molecule has 0 spiro atoms. The minimum Gasteiger partial charge on any atom is -0.421 e. The number of benzene rings is 1. The van der Waals surface area contributed by atoms with Crippen LogP contribution >= 0.6 is 15.9 Å². The molecule has 0 bridgehead atoms. The molecule has 1 heterocycles. The Morgan fingerprint density at radius 1 is 1.33 bits per heavy atom. The molecule has 0 unspecified atom stereocenters. The van der Waals surface area contributed by atoms with Crippen molar-refractivity contribution in [1.29, 1.82) is 0 Å². The smallest absolute Gasteiger partial charge is 0.271 e. The second-order valence-corrected chi connectivity index (χ2v) is 5.37. The molecule has 1 aromatic heterocycles. The number of hydrogen-bond acceptors (Lipinski definition) is 6. The van der Waals surface area contributed by atoms with E-state index in [0.717, 1.165) is 19.5 Å². The molecule has 7 nitrogen and oxygen atoms in total. The van der Waals surface area contributed by atoms with E-state index in [-0.39, 0.29) is 11.6 Å². The van der Waals surface area contributed by atoms with E-state index < -0.39 is 4.92 Å². The largest absolute Gasteiger partial charge is 0.421 e. The van der Waals surface area contributed by atoms with Gasteiger partial charge in [0, 0.05) is 35.1 Å². The van der Waals surface area contributed by atoms with E-state index in [9.17, 15) is 10.1 Å². The lowest BCUT2D eigenvalue weighted by molar-refractivity contribution is -0.384. The molecule has 0 saturated carbocycles. The van der Waals surface area contributed by atoms with E-state index >= 15 is 0 Å². The molecule has 8 heteroatoms. The quantitative estimate of drug-likeness (QED) is 0.466. The Morgan fingerprint density at radius 2 is 2.14 bits per heavy atom. The SMILES string of the molecule is CCCNCCc1nnc(-c2cc(Br)cc([N+](=O)[O-])c2)o1. The third kappa shape index (κ3) is 4.33. The maximum absolute atomic E-state index is 10.9. The van der Waals surface area contributed by atoms with E-state index in [1.54, 1.807) is 6.07 Å². The van der Waals surface area contributed by atoms with Gasteiger partial charge in [-0.2, -0.15) is 0 Å². The summed E-state index contributed by atoms with van der Waals surface area (Å²) in [7, 11) is 0. The van der Waals surface area contributed by atoms with Crippen LogP contribution in [0, 0.1) is 10.1 Å². The molecule has 0 aliphatic heterocycles. The third-order valence-electron chi connectivity index (χ3n) is 2.75. The molecule has 1 aromatic carbocycles. The summed E-state index contributed by atoms with van der Waals surface area (Å²) in [5, 5.41) is 22.0. The number of nitrogens with zero attached hydrogens (tertiary/aromatic N) is 3. The Labute approximate surface area is 130 Å². The Bertz CT molecular complexity index is 630. The summed E-state index contributed by atoms with van der Waals surface area (Å²) >= 11 is 3.24. The average Bonchev–Trinajstić information content (AvgIpc) is 2.92. The zero-order valence-electron chi connectivity index (χ0n) is 11.5. The Morgan fingerprint density at radius 3 is 2.86 bits per heavy atom. The van der Waals surface area contributed by atoms with Gasteiger partial charge in [-0.3, -0.25) is 10.1 Å². The van der Waals surface area contributed by atoms with Crippen LogP contribution in [0.4, 0.5) is 5.69 Å². The Kier molecular flexibility index (Phi) is 5.40. The first-order chi connectivity index (χ1) is 10.1. The fourth-order valence-corrected chi connectivity index (χ4v) is 2.25. The fraction of sp³-hybridized carbons (Fsp3) is 0.385. The maximum Gasteiger partial charge on any atom is 0.271 e. The van der Waals surface area contributed by atoms with Gasteiger partial charge in [-0.25, -0.2) is 0 Å². The number of rotatable bonds is 7. The summed E-state index contributed by atoms with van der Waals surface area (Å²) in [6.07, 6.45) is 1.69. The molecule has 0 atom stereocenters. The monoisotopic (exact) mass is 354 g/mol. The average molecular weight is 355 g/mol. The normalized spacial score (nSPS) is 10.8. The molecule has 2 rings (SSSR count). The zero-order chi connectivity index (χ0) is 15.2. The number of hydrogen-bond donors (Lipinski definition) is 1. The zero-order valence-corrected chi connectivity index (χ0v) is 13.1. The van der Waals surface area contributed by atoms with E-state index in [1.165, 1.54) is 12.1 Å². The standard InChI is InChI=1S/C13H15BrN4O3/c1-2-4-15-5-3-12-16-17-13(21-12)9-6-10(14)8-11(7-9)18(19)20/h6-8,15H,2-5H2,1H3. The summed E-state index contributed by atoms with van der Waals surface area (Å²) < 4.78 is 6.13. The van der Waals surface area contributed by atoms with Crippen LogP contribution in [0.3, 0.4) is 0 Å². The molecular formula is C13H15BrN4O3. The van der Waals surface area contributed by atoms with Gasteiger partial charge in [0.2, 0.25) is 11.8 Å². The minimum atomic E-state index is -0.458. The van der Waals surface area contributed by atoms with Crippen LogP contribution in [-0.4, -0.2) is 28.2 Å². The highest BCUT2D eigenvalue weighted by molar-refractivity contribution is 9.10. The highest BCUT2D eigenvalue weighted by atomic mass is 79.9. The van der Waals surface area contributed by atoms with Gasteiger partial charge in [-0.15, -0.1) is 10.2 Å². The number of aromatic nitrogens is 2. The van der Waals surface area contributed by atoms with Crippen molar-refractivity contribution in [3.63, 3.8) is 0 Å². The van der Waals surface area contributed by atoms with Gasteiger partial charge in [0.25, 0.3) is 5.69 Å². The Balaban J connectivity index is 2.12. The summed E-state index contributed by atoms with van der Waals surface area (Å²) in [6.45, 7) is 3.80. The molecule has 0 amide bonds.